The van der Waals surface area contributed by atoms with Crippen molar-refractivity contribution in [1.29, 1.82) is 0 Å². The van der Waals surface area contributed by atoms with Crippen molar-refractivity contribution in [2.45, 2.75) is 26.4 Å². The van der Waals surface area contributed by atoms with Crippen LogP contribution in [0.5, 0.6) is 0 Å². The summed E-state index contributed by atoms with van der Waals surface area (Å²) in [7, 11) is 0. The smallest absolute Gasteiger partial charge is 0.312 e. The van der Waals surface area contributed by atoms with Crippen molar-refractivity contribution in [1.82, 2.24) is 9.38 Å². The van der Waals surface area contributed by atoms with Crippen LogP contribution in [0.3, 0.4) is 0 Å². The molecule has 2 heterocycles. The van der Waals surface area contributed by atoms with Crippen LogP contribution < -0.4 is 5.73 Å². The molecule has 17 heavy (non-hydrogen) atoms. The fraction of sp³-hybridized carbons (Fsp3) is 0.333. The second-order valence-corrected chi connectivity index (χ2v) is 4.18. The topological polar surface area (TPSA) is 69.6 Å². The highest BCUT2D eigenvalue weighted by Gasteiger charge is 2.10. The van der Waals surface area contributed by atoms with Gasteiger partial charge in [-0.25, -0.2) is 4.98 Å². The summed E-state index contributed by atoms with van der Waals surface area (Å²) in [4.78, 5) is 15.8. The van der Waals surface area contributed by atoms with Gasteiger partial charge in [-0.1, -0.05) is 0 Å². The Morgan fingerprint density at radius 2 is 2.24 bits per heavy atom. The van der Waals surface area contributed by atoms with E-state index in [-0.39, 0.29) is 18.5 Å². The van der Waals surface area contributed by atoms with Gasteiger partial charge in [0, 0.05) is 18.1 Å². The minimum atomic E-state index is -0.267. The first-order valence-electron chi connectivity index (χ1n) is 5.47. The first-order chi connectivity index (χ1) is 8.04. The number of aromatic nitrogens is 2. The van der Waals surface area contributed by atoms with E-state index in [2.05, 4.69) is 4.98 Å². The Morgan fingerprint density at radius 3 is 2.94 bits per heavy atom. The number of nitrogen functional groups attached to an aromatic ring is 1. The Balaban J connectivity index is 2.17. The quantitative estimate of drug-likeness (QED) is 0.814. The Bertz CT molecular complexity index is 546. The van der Waals surface area contributed by atoms with Gasteiger partial charge in [-0.15, -0.1) is 0 Å². The van der Waals surface area contributed by atoms with Gasteiger partial charge in [-0.2, -0.15) is 0 Å². The fourth-order valence-electron chi connectivity index (χ4n) is 1.60. The van der Waals surface area contributed by atoms with Crippen LogP contribution in [0.15, 0.2) is 24.5 Å². The molecule has 0 aliphatic rings. The first kappa shape index (κ1) is 11.4. The minimum absolute atomic E-state index is 0.102. The number of carbonyl (C=O) groups is 1. The molecule has 0 aliphatic carbocycles. The molecule has 0 aromatic carbocycles. The molecule has 0 unspecified atom stereocenters. The Hall–Kier alpha value is -2.04. The molecule has 0 saturated carbocycles. The molecule has 2 rings (SSSR count). The standard InChI is InChI=1S/C12H15N3O2/c1-8(2)17-12(16)5-10-7-15-6-9(13)3-4-11(15)14-10/h3-4,6-8H,5,13H2,1-2H3. The first-order valence-corrected chi connectivity index (χ1v) is 5.47. The molecule has 90 valence electrons. The van der Waals surface area contributed by atoms with Crippen molar-refractivity contribution < 1.29 is 9.53 Å². The summed E-state index contributed by atoms with van der Waals surface area (Å²) >= 11 is 0. The maximum Gasteiger partial charge on any atom is 0.312 e. The number of ether oxygens (including phenoxy) is 1. The van der Waals surface area contributed by atoms with Crippen molar-refractivity contribution in [2.75, 3.05) is 5.73 Å². The Morgan fingerprint density at radius 1 is 1.47 bits per heavy atom. The van der Waals surface area contributed by atoms with Gasteiger partial charge >= 0.3 is 5.97 Å². The summed E-state index contributed by atoms with van der Waals surface area (Å²) in [5, 5.41) is 0. The summed E-state index contributed by atoms with van der Waals surface area (Å²) < 4.78 is 6.86. The number of nitrogens with zero attached hydrogens (tertiary/aromatic N) is 2. The van der Waals surface area contributed by atoms with Crippen LogP contribution in [-0.2, 0) is 16.0 Å². The van der Waals surface area contributed by atoms with E-state index in [1.54, 1.807) is 22.9 Å². The number of carbonyl (C=O) groups excluding carboxylic acids is 1. The lowest BCUT2D eigenvalue weighted by Gasteiger charge is -2.05. The molecule has 5 nitrogen and oxygen atoms in total. The number of rotatable bonds is 3. The number of esters is 1. The monoisotopic (exact) mass is 233 g/mol. The molecule has 0 amide bonds. The largest absolute Gasteiger partial charge is 0.463 e. The van der Waals surface area contributed by atoms with Crippen molar-refractivity contribution >= 4 is 17.3 Å². The van der Waals surface area contributed by atoms with Gasteiger partial charge in [-0.3, -0.25) is 4.79 Å². The molecule has 0 fully saturated rings. The SMILES string of the molecule is CC(C)OC(=O)Cc1cn2cc(N)ccc2n1. The average Bonchev–Trinajstić information content (AvgIpc) is 2.57. The van der Waals surface area contributed by atoms with Crippen molar-refractivity contribution in [3.8, 4) is 0 Å². The predicted octanol–water partition coefficient (Wildman–Crippen LogP) is 1.41. The van der Waals surface area contributed by atoms with Crippen molar-refractivity contribution in [3.63, 3.8) is 0 Å². The summed E-state index contributed by atoms with van der Waals surface area (Å²) in [6.45, 7) is 3.64. The molecule has 0 bridgehead atoms. The van der Waals surface area contributed by atoms with Crippen LogP contribution in [0.2, 0.25) is 0 Å². The van der Waals surface area contributed by atoms with Crippen LogP contribution in [-0.4, -0.2) is 21.5 Å². The Kier molecular flexibility index (Phi) is 2.99. The minimum Gasteiger partial charge on any atom is -0.463 e. The van der Waals surface area contributed by atoms with Gasteiger partial charge in [0.25, 0.3) is 0 Å². The zero-order valence-electron chi connectivity index (χ0n) is 9.88. The Labute approximate surface area is 99.2 Å². The van der Waals surface area contributed by atoms with E-state index in [9.17, 15) is 4.79 Å². The van der Waals surface area contributed by atoms with Crippen LogP contribution in [0.1, 0.15) is 19.5 Å². The van der Waals surface area contributed by atoms with Gasteiger partial charge in [0.15, 0.2) is 0 Å². The predicted molar refractivity (Wildman–Crippen MR) is 64.5 cm³/mol. The molecule has 2 aromatic rings. The van der Waals surface area contributed by atoms with E-state index in [1.807, 2.05) is 19.9 Å². The summed E-state index contributed by atoms with van der Waals surface area (Å²) in [6.07, 6.45) is 3.63. The van der Waals surface area contributed by atoms with Crippen molar-refractivity contribution in [2.24, 2.45) is 0 Å². The molecule has 2 N–H and O–H groups in total. The lowest BCUT2D eigenvalue weighted by molar-refractivity contribution is -0.146. The maximum absolute atomic E-state index is 11.5. The van der Waals surface area contributed by atoms with Gasteiger partial charge in [0.2, 0.25) is 0 Å². The zero-order valence-corrected chi connectivity index (χ0v) is 9.88. The number of fused-ring (bicyclic) bond motifs is 1. The second-order valence-electron chi connectivity index (χ2n) is 4.18. The molecular formula is C12H15N3O2. The fourth-order valence-corrected chi connectivity index (χ4v) is 1.60. The van der Waals surface area contributed by atoms with E-state index in [0.717, 1.165) is 5.65 Å². The van der Waals surface area contributed by atoms with Gasteiger partial charge in [0.05, 0.1) is 18.2 Å². The summed E-state index contributed by atoms with van der Waals surface area (Å²) in [5.41, 5.74) is 7.77. The number of hydrogen-bond donors (Lipinski definition) is 1. The normalized spacial score (nSPS) is 11.0. The molecule has 0 saturated heterocycles. The molecule has 0 atom stereocenters. The van der Waals surface area contributed by atoms with Crippen LogP contribution >= 0.6 is 0 Å². The van der Waals surface area contributed by atoms with Crippen molar-refractivity contribution in [3.05, 3.63) is 30.2 Å². The summed E-state index contributed by atoms with van der Waals surface area (Å²) in [5.74, 6) is -0.267. The number of nitrogens with two attached hydrogens (primary N) is 1. The van der Waals surface area contributed by atoms with Crippen LogP contribution in [0.4, 0.5) is 5.69 Å². The number of anilines is 1. The van der Waals surface area contributed by atoms with Gasteiger partial charge in [0.1, 0.15) is 5.65 Å². The third kappa shape index (κ3) is 2.75. The van der Waals surface area contributed by atoms with E-state index in [4.69, 9.17) is 10.5 Å². The van der Waals surface area contributed by atoms with Gasteiger partial charge < -0.3 is 14.9 Å². The summed E-state index contributed by atoms with van der Waals surface area (Å²) in [6, 6.07) is 3.59. The maximum atomic E-state index is 11.5. The van der Waals surface area contributed by atoms with E-state index in [1.165, 1.54) is 0 Å². The third-order valence-corrected chi connectivity index (χ3v) is 2.22. The van der Waals surface area contributed by atoms with Crippen LogP contribution in [0, 0.1) is 0 Å². The second kappa shape index (κ2) is 4.45. The van der Waals surface area contributed by atoms with E-state index >= 15 is 0 Å². The molecular weight excluding hydrogens is 218 g/mol. The molecule has 0 aliphatic heterocycles. The average molecular weight is 233 g/mol. The number of hydrogen-bond acceptors (Lipinski definition) is 4. The molecule has 0 radical (unpaired) electrons. The van der Waals surface area contributed by atoms with Crippen LogP contribution in [0.25, 0.3) is 5.65 Å². The highest BCUT2D eigenvalue weighted by Crippen LogP contribution is 2.09. The molecule has 5 heteroatoms. The van der Waals surface area contributed by atoms with E-state index in [0.29, 0.717) is 11.4 Å². The number of pyridine rings is 1. The lowest BCUT2D eigenvalue weighted by Crippen LogP contribution is -2.13. The number of imidazole rings is 1. The third-order valence-electron chi connectivity index (χ3n) is 2.22. The van der Waals surface area contributed by atoms with Gasteiger partial charge in [-0.05, 0) is 26.0 Å². The molecule has 0 spiro atoms. The highest BCUT2D eigenvalue weighted by atomic mass is 16.5. The lowest BCUT2D eigenvalue weighted by atomic mass is 10.3. The van der Waals surface area contributed by atoms with E-state index < -0.39 is 0 Å². The highest BCUT2D eigenvalue weighted by molar-refractivity contribution is 5.72. The zero-order chi connectivity index (χ0) is 12.4. The molecule has 2 aromatic heterocycles.